The van der Waals surface area contributed by atoms with E-state index in [2.05, 4.69) is 5.32 Å². The van der Waals surface area contributed by atoms with Crippen LogP contribution in [0.1, 0.15) is 38.2 Å². The van der Waals surface area contributed by atoms with Crippen LogP contribution in [0.25, 0.3) is 0 Å². The van der Waals surface area contributed by atoms with Gasteiger partial charge in [-0.05, 0) is 74.6 Å². The van der Waals surface area contributed by atoms with Gasteiger partial charge in [-0.15, -0.1) is 0 Å². The van der Waals surface area contributed by atoms with E-state index in [1.807, 2.05) is 19.1 Å². The second kappa shape index (κ2) is 6.78. The zero-order valence-electron chi connectivity index (χ0n) is 12.9. The molecule has 1 saturated carbocycles. The van der Waals surface area contributed by atoms with E-state index < -0.39 is 0 Å². The lowest BCUT2D eigenvalue weighted by atomic mass is 9.91. The summed E-state index contributed by atoms with van der Waals surface area (Å²) in [6, 6.07) is 5.24. The number of rotatable bonds is 6. The lowest BCUT2D eigenvalue weighted by Gasteiger charge is -2.22. The third kappa shape index (κ3) is 3.76. The minimum Gasteiger partial charge on any atom is -0.493 e. The summed E-state index contributed by atoms with van der Waals surface area (Å²) >= 11 is 0. The van der Waals surface area contributed by atoms with Crippen molar-refractivity contribution in [3.05, 3.63) is 29.6 Å². The van der Waals surface area contributed by atoms with Crippen molar-refractivity contribution in [2.75, 3.05) is 19.7 Å². The standard InChI is InChI=1S/C18H26FNO/c1-2-13-3-4-16(12-18(13)19)21-10-7-15-11-17(15)14-5-8-20-9-6-14/h3-4,12,14-15,17,20H,2,5-11H2,1H3. The van der Waals surface area contributed by atoms with Gasteiger partial charge >= 0.3 is 0 Å². The molecule has 2 fully saturated rings. The van der Waals surface area contributed by atoms with Gasteiger partial charge < -0.3 is 10.1 Å². The van der Waals surface area contributed by atoms with Gasteiger partial charge in [-0.1, -0.05) is 13.0 Å². The molecular weight excluding hydrogens is 265 g/mol. The molecule has 21 heavy (non-hydrogen) atoms. The molecule has 0 amide bonds. The van der Waals surface area contributed by atoms with E-state index in [9.17, 15) is 4.39 Å². The highest BCUT2D eigenvalue weighted by atomic mass is 19.1. The van der Waals surface area contributed by atoms with Gasteiger partial charge in [0.15, 0.2) is 0 Å². The zero-order chi connectivity index (χ0) is 14.7. The van der Waals surface area contributed by atoms with Gasteiger partial charge in [-0.2, -0.15) is 0 Å². The van der Waals surface area contributed by atoms with Crippen molar-refractivity contribution >= 4 is 0 Å². The molecular formula is C18H26FNO. The van der Waals surface area contributed by atoms with Crippen molar-refractivity contribution in [1.82, 2.24) is 5.32 Å². The molecule has 1 aliphatic carbocycles. The van der Waals surface area contributed by atoms with Gasteiger partial charge in [0.2, 0.25) is 0 Å². The lowest BCUT2D eigenvalue weighted by Crippen LogP contribution is -2.29. The fourth-order valence-electron chi connectivity index (χ4n) is 3.69. The fourth-order valence-corrected chi connectivity index (χ4v) is 3.69. The highest BCUT2D eigenvalue weighted by Crippen LogP contribution is 2.49. The minimum absolute atomic E-state index is 0.144. The predicted molar refractivity (Wildman–Crippen MR) is 83.1 cm³/mol. The van der Waals surface area contributed by atoms with E-state index in [4.69, 9.17) is 4.74 Å². The highest BCUT2D eigenvalue weighted by molar-refractivity contribution is 5.28. The Hall–Kier alpha value is -1.09. The molecule has 1 saturated heterocycles. The second-order valence-electron chi connectivity index (χ2n) is 6.49. The number of hydrogen-bond donors (Lipinski definition) is 1. The number of piperidine rings is 1. The summed E-state index contributed by atoms with van der Waals surface area (Å²) in [4.78, 5) is 0. The molecule has 3 rings (SSSR count). The lowest BCUT2D eigenvalue weighted by molar-refractivity contribution is 0.279. The van der Waals surface area contributed by atoms with Crippen LogP contribution in [-0.4, -0.2) is 19.7 Å². The molecule has 0 bridgehead atoms. The van der Waals surface area contributed by atoms with Crippen molar-refractivity contribution in [2.45, 2.75) is 39.0 Å². The molecule has 2 unspecified atom stereocenters. The number of halogens is 1. The number of ether oxygens (including phenoxy) is 1. The third-order valence-electron chi connectivity index (χ3n) is 5.13. The van der Waals surface area contributed by atoms with Gasteiger partial charge in [-0.25, -0.2) is 4.39 Å². The van der Waals surface area contributed by atoms with Gasteiger partial charge in [0, 0.05) is 6.07 Å². The SMILES string of the molecule is CCc1ccc(OCCC2CC2C2CCNCC2)cc1F. The van der Waals surface area contributed by atoms with E-state index in [1.165, 1.54) is 38.4 Å². The molecule has 2 nitrogen and oxygen atoms in total. The first-order valence-electron chi connectivity index (χ1n) is 8.40. The molecule has 0 spiro atoms. The van der Waals surface area contributed by atoms with E-state index in [1.54, 1.807) is 0 Å². The molecule has 1 aromatic carbocycles. The Morgan fingerprint density at radius 3 is 2.81 bits per heavy atom. The van der Waals surface area contributed by atoms with Crippen LogP contribution in [0.15, 0.2) is 18.2 Å². The maximum atomic E-state index is 13.7. The molecule has 0 radical (unpaired) electrons. The van der Waals surface area contributed by atoms with Gasteiger partial charge in [0.05, 0.1) is 6.61 Å². The van der Waals surface area contributed by atoms with Crippen LogP contribution in [0.2, 0.25) is 0 Å². The predicted octanol–water partition coefficient (Wildman–Crippen LogP) is 3.79. The molecule has 3 heteroatoms. The summed E-state index contributed by atoms with van der Waals surface area (Å²) in [5.74, 6) is 3.22. The summed E-state index contributed by atoms with van der Waals surface area (Å²) in [5, 5.41) is 3.43. The largest absolute Gasteiger partial charge is 0.493 e. The van der Waals surface area contributed by atoms with Crippen LogP contribution >= 0.6 is 0 Å². The van der Waals surface area contributed by atoms with E-state index >= 15 is 0 Å². The zero-order valence-corrected chi connectivity index (χ0v) is 12.9. The average Bonchev–Trinajstić information content (AvgIpc) is 3.28. The van der Waals surface area contributed by atoms with Crippen molar-refractivity contribution in [3.8, 4) is 5.75 Å². The molecule has 1 aromatic rings. The van der Waals surface area contributed by atoms with Gasteiger partial charge in [0.1, 0.15) is 11.6 Å². The maximum Gasteiger partial charge on any atom is 0.130 e. The van der Waals surface area contributed by atoms with E-state index in [0.29, 0.717) is 5.75 Å². The topological polar surface area (TPSA) is 21.3 Å². The van der Waals surface area contributed by atoms with Crippen molar-refractivity contribution in [2.24, 2.45) is 17.8 Å². The van der Waals surface area contributed by atoms with Crippen LogP contribution in [0, 0.1) is 23.6 Å². The highest BCUT2D eigenvalue weighted by Gasteiger charge is 2.42. The van der Waals surface area contributed by atoms with Crippen molar-refractivity contribution in [1.29, 1.82) is 0 Å². The summed E-state index contributed by atoms with van der Waals surface area (Å²) in [6.45, 7) is 5.06. The number of benzene rings is 1. The Morgan fingerprint density at radius 1 is 1.29 bits per heavy atom. The van der Waals surface area contributed by atoms with Crippen LogP contribution in [0.5, 0.6) is 5.75 Å². The summed E-state index contributed by atoms with van der Waals surface area (Å²) < 4.78 is 19.4. The van der Waals surface area contributed by atoms with E-state index in [0.717, 1.165) is 42.8 Å². The Balaban J connectivity index is 1.40. The van der Waals surface area contributed by atoms with Crippen molar-refractivity contribution in [3.63, 3.8) is 0 Å². The average molecular weight is 291 g/mol. The molecule has 1 N–H and O–H groups in total. The minimum atomic E-state index is -0.144. The molecule has 2 atom stereocenters. The van der Waals surface area contributed by atoms with Crippen LogP contribution < -0.4 is 10.1 Å². The molecule has 0 aromatic heterocycles. The molecule has 116 valence electrons. The Bertz CT molecular complexity index is 470. The third-order valence-corrected chi connectivity index (χ3v) is 5.13. The Morgan fingerprint density at radius 2 is 2.10 bits per heavy atom. The Kier molecular flexibility index (Phi) is 4.79. The van der Waals surface area contributed by atoms with Crippen molar-refractivity contribution < 1.29 is 9.13 Å². The van der Waals surface area contributed by atoms with Gasteiger partial charge in [0.25, 0.3) is 0 Å². The summed E-state index contributed by atoms with van der Waals surface area (Å²) in [6.07, 6.45) is 5.90. The first kappa shape index (κ1) is 14.8. The first-order valence-corrected chi connectivity index (χ1v) is 8.40. The van der Waals surface area contributed by atoms with E-state index in [-0.39, 0.29) is 5.82 Å². The molecule has 1 heterocycles. The monoisotopic (exact) mass is 291 g/mol. The first-order chi connectivity index (χ1) is 10.3. The maximum absolute atomic E-state index is 13.7. The molecule has 1 aliphatic heterocycles. The molecule has 2 aliphatic rings. The number of aryl methyl sites for hydroxylation is 1. The second-order valence-corrected chi connectivity index (χ2v) is 6.49. The van der Waals surface area contributed by atoms with Gasteiger partial charge in [-0.3, -0.25) is 0 Å². The van der Waals surface area contributed by atoms with Crippen LogP contribution in [0.3, 0.4) is 0 Å². The van der Waals surface area contributed by atoms with Crippen LogP contribution in [0.4, 0.5) is 4.39 Å². The Labute approximate surface area is 127 Å². The summed E-state index contributed by atoms with van der Waals surface area (Å²) in [5.41, 5.74) is 0.760. The fraction of sp³-hybridized carbons (Fsp3) is 0.667. The normalized spacial score (nSPS) is 25.8. The number of nitrogens with one attached hydrogen (secondary N) is 1. The quantitative estimate of drug-likeness (QED) is 0.861. The smallest absolute Gasteiger partial charge is 0.130 e. The summed E-state index contributed by atoms with van der Waals surface area (Å²) in [7, 11) is 0. The number of hydrogen-bond acceptors (Lipinski definition) is 2. The van der Waals surface area contributed by atoms with Crippen LogP contribution in [-0.2, 0) is 6.42 Å².